The molecule has 5 heteroatoms. The second-order valence-corrected chi connectivity index (χ2v) is 5.72. The molecule has 4 nitrogen and oxygen atoms in total. The third-order valence-corrected chi connectivity index (χ3v) is 3.71. The first kappa shape index (κ1) is 17.0. The Hall–Kier alpha value is -2.33. The molecule has 0 aromatic heterocycles. The molecule has 2 amide bonds. The maximum absolute atomic E-state index is 12.3. The van der Waals surface area contributed by atoms with Gasteiger partial charge in [0.15, 0.2) is 0 Å². The molecule has 2 aromatic rings. The number of hydrogen-bond acceptors (Lipinski definition) is 2. The van der Waals surface area contributed by atoms with Gasteiger partial charge >= 0.3 is 0 Å². The van der Waals surface area contributed by atoms with E-state index in [1.54, 1.807) is 24.3 Å². The number of benzene rings is 2. The fourth-order valence-corrected chi connectivity index (χ4v) is 2.47. The van der Waals surface area contributed by atoms with Crippen LogP contribution in [-0.2, 0) is 9.59 Å². The molecule has 0 spiro atoms. The normalized spacial score (nSPS) is 11.6. The van der Waals surface area contributed by atoms with Crippen molar-refractivity contribution in [2.45, 2.75) is 19.9 Å². The predicted molar refractivity (Wildman–Crippen MR) is 92.5 cm³/mol. The highest BCUT2D eigenvalue weighted by atomic mass is 35.5. The van der Waals surface area contributed by atoms with Gasteiger partial charge < -0.3 is 10.2 Å². The second kappa shape index (κ2) is 7.79. The van der Waals surface area contributed by atoms with E-state index in [-0.39, 0.29) is 24.4 Å². The number of carbonyl (C=O) groups excluding carboxylic acids is 2. The number of amides is 2. The van der Waals surface area contributed by atoms with Crippen LogP contribution in [0.5, 0.6) is 0 Å². The first-order chi connectivity index (χ1) is 11.0. The minimum atomic E-state index is -0.225. The van der Waals surface area contributed by atoms with Gasteiger partial charge in [0, 0.05) is 17.6 Å². The number of hydrogen-bond donors (Lipinski definition) is 1. The maximum atomic E-state index is 12.3. The topological polar surface area (TPSA) is 49.4 Å². The molecule has 1 N–H and O–H groups in total. The van der Waals surface area contributed by atoms with Crippen molar-refractivity contribution in [3.63, 3.8) is 0 Å². The predicted octanol–water partition coefficient (Wildman–Crippen LogP) is 3.57. The van der Waals surface area contributed by atoms with E-state index in [2.05, 4.69) is 5.32 Å². The van der Waals surface area contributed by atoms with Crippen LogP contribution < -0.4 is 10.2 Å². The first-order valence-electron chi connectivity index (χ1n) is 7.35. The molecule has 2 rings (SSSR count). The molecule has 0 saturated heterocycles. The van der Waals surface area contributed by atoms with Crippen LogP contribution in [0.15, 0.2) is 54.6 Å². The standard InChI is InChI=1S/C18H19ClN2O2/c1-13(15-7-4-3-5-8-15)20-18(23)12-21(14(2)22)17-10-6-9-16(19)11-17/h3-11,13H,12H2,1-2H3,(H,20,23). The summed E-state index contributed by atoms with van der Waals surface area (Å²) in [5.41, 5.74) is 1.62. The van der Waals surface area contributed by atoms with E-state index in [0.29, 0.717) is 10.7 Å². The van der Waals surface area contributed by atoms with Crippen LogP contribution in [0.3, 0.4) is 0 Å². The number of halogens is 1. The van der Waals surface area contributed by atoms with E-state index in [1.807, 2.05) is 37.3 Å². The zero-order chi connectivity index (χ0) is 16.8. The molecule has 0 heterocycles. The van der Waals surface area contributed by atoms with Crippen molar-refractivity contribution in [2.75, 3.05) is 11.4 Å². The molecule has 2 aromatic carbocycles. The van der Waals surface area contributed by atoms with Crippen LogP contribution in [0.2, 0.25) is 5.02 Å². The van der Waals surface area contributed by atoms with Crippen molar-refractivity contribution in [1.29, 1.82) is 0 Å². The number of anilines is 1. The highest BCUT2D eigenvalue weighted by Gasteiger charge is 2.17. The molecule has 1 unspecified atom stereocenters. The van der Waals surface area contributed by atoms with Gasteiger partial charge in [-0.1, -0.05) is 48.0 Å². The lowest BCUT2D eigenvalue weighted by Gasteiger charge is -2.22. The Morgan fingerprint density at radius 1 is 1.13 bits per heavy atom. The molecule has 23 heavy (non-hydrogen) atoms. The molecule has 1 atom stereocenters. The van der Waals surface area contributed by atoms with Gasteiger partial charge in [0.25, 0.3) is 0 Å². The van der Waals surface area contributed by atoms with Crippen LogP contribution in [-0.4, -0.2) is 18.4 Å². The molecule has 0 aliphatic carbocycles. The Balaban J connectivity index is 2.05. The summed E-state index contributed by atoms with van der Waals surface area (Å²) in [5.74, 6) is -0.439. The van der Waals surface area contributed by atoms with Gasteiger partial charge in [-0.25, -0.2) is 0 Å². The third-order valence-electron chi connectivity index (χ3n) is 3.48. The summed E-state index contributed by atoms with van der Waals surface area (Å²) < 4.78 is 0. The van der Waals surface area contributed by atoms with E-state index in [9.17, 15) is 9.59 Å². The molecule has 0 radical (unpaired) electrons. The monoisotopic (exact) mass is 330 g/mol. The number of rotatable bonds is 5. The summed E-state index contributed by atoms with van der Waals surface area (Å²) in [5, 5.41) is 3.42. The van der Waals surface area contributed by atoms with Crippen LogP contribution in [0.1, 0.15) is 25.5 Å². The zero-order valence-electron chi connectivity index (χ0n) is 13.1. The van der Waals surface area contributed by atoms with Gasteiger partial charge in [-0.15, -0.1) is 0 Å². The maximum Gasteiger partial charge on any atom is 0.240 e. The van der Waals surface area contributed by atoms with Crippen molar-refractivity contribution < 1.29 is 9.59 Å². The first-order valence-corrected chi connectivity index (χ1v) is 7.73. The minimum Gasteiger partial charge on any atom is -0.348 e. The summed E-state index contributed by atoms with van der Waals surface area (Å²) in [4.78, 5) is 25.5. The average molecular weight is 331 g/mol. The second-order valence-electron chi connectivity index (χ2n) is 5.28. The Kier molecular flexibility index (Phi) is 5.77. The molecule has 120 valence electrons. The minimum absolute atomic E-state index is 0.0488. The van der Waals surface area contributed by atoms with Crippen LogP contribution in [0, 0.1) is 0 Å². The van der Waals surface area contributed by atoms with Crippen molar-refractivity contribution in [1.82, 2.24) is 5.32 Å². The Morgan fingerprint density at radius 3 is 2.43 bits per heavy atom. The molecule has 0 bridgehead atoms. The van der Waals surface area contributed by atoms with E-state index in [1.165, 1.54) is 11.8 Å². The highest BCUT2D eigenvalue weighted by molar-refractivity contribution is 6.30. The summed E-state index contributed by atoms with van der Waals surface area (Å²) in [6, 6.07) is 16.4. The largest absolute Gasteiger partial charge is 0.348 e. The van der Waals surface area contributed by atoms with Crippen LogP contribution in [0.25, 0.3) is 0 Å². The number of nitrogens with zero attached hydrogens (tertiary/aromatic N) is 1. The number of nitrogens with one attached hydrogen (secondary N) is 1. The van der Waals surface area contributed by atoms with E-state index < -0.39 is 0 Å². The summed E-state index contributed by atoms with van der Waals surface area (Å²) >= 11 is 5.96. The van der Waals surface area contributed by atoms with Crippen molar-refractivity contribution in [3.05, 3.63) is 65.2 Å². The van der Waals surface area contributed by atoms with E-state index in [0.717, 1.165) is 5.56 Å². The molecule has 0 saturated carbocycles. The summed E-state index contributed by atoms with van der Waals surface area (Å²) in [6.45, 7) is 3.28. The Morgan fingerprint density at radius 2 is 1.83 bits per heavy atom. The number of carbonyl (C=O) groups is 2. The fraction of sp³-hybridized carbons (Fsp3) is 0.222. The van der Waals surface area contributed by atoms with Crippen molar-refractivity contribution in [2.24, 2.45) is 0 Å². The van der Waals surface area contributed by atoms with Gasteiger partial charge in [0.2, 0.25) is 11.8 Å². The van der Waals surface area contributed by atoms with Crippen molar-refractivity contribution in [3.8, 4) is 0 Å². The van der Waals surface area contributed by atoms with E-state index >= 15 is 0 Å². The van der Waals surface area contributed by atoms with Gasteiger partial charge in [-0.05, 0) is 30.7 Å². The van der Waals surface area contributed by atoms with Gasteiger partial charge in [0.05, 0.1) is 6.04 Å². The van der Waals surface area contributed by atoms with Gasteiger partial charge in [-0.2, -0.15) is 0 Å². The van der Waals surface area contributed by atoms with Gasteiger partial charge in [0.1, 0.15) is 6.54 Å². The lowest BCUT2D eigenvalue weighted by atomic mass is 10.1. The van der Waals surface area contributed by atoms with Crippen LogP contribution >= 0.6 is 11.6 Å². The molecular formula is C18H19ClN2O2. The molecule has 0 aliphatic rings. The summed E-state index contributed by atoms with van der Waals surface area (Å²) in [7, 11) is 0. The van der Waals surface area contributed by atoms with E-state index in [4.69, 9.17) is 11.6 Å². The van der Waals surface area contributed by atoms with Crippen molar-refractivity contribution >= 4 is 29.1 Å². The highest BCUT2D eigenvalue weighted by Crippen LogP contribution is 2.19. The zero-order valence-corrected chi connectivity index (χ0v) is 13.9. The Labute approximate surface area is 141 Å². The molecule has 0 fully saturated rings. The molecular weight excluding hydrogens is 312 g/mol. The lowest BCUT2D eigenvalue weighted by Crippen LogP contribution is -2.40. The third kappa shape index (κ3) is 4.83. The van der Waals surface area contributed by atoms with Crippen LogP contribution in [0.4, 0.5) is 5.69 Å². The Bertz CT molecular complexity index is 688. The fourth-order valence-electron chi connectivity index (χ4n) is 2.28. The SMILES string of the molecule is CC(=O)N(CC(=O)NC(C)c1ccccc1)c1cccc(Cl)c1. The summed E-state index contributed by atoms with van der Waals surface area (Å²) in [6.07, 6.45) is 0. The smallest absolute Gasteiger partial charge is 0.240 e. The quantitative estimate of drug-likeness (QED) is 0.911. The van der Waals surface area contributed by atoms with Gasteiger partial charge in [-0.3, -0.25) is 9.59 Å². The average Bonchev–Trinajstić information content (AvgIpc) is 2.53. The molecule has 0 aliphatic heterocycles. The lowest BCUT2D eigenvalue weighted by molar-refractivity contribution is -0.123.